The topological polar surface area (TPSA) is 41.1 Å². The van der Waals surface area contributed by atoms with E-state index >= 15 is 0 Å². The number of halogens is 1. The normalized spacial score (nSPS) is 9.31. The van der Waals surface area contributed by atoms with Crippen molar-refractivity contribution in [1.29, 1.82) is 0 Å². The zero-order valence-corrected chi connectivity index (χ0v) is 10.1. The Balaban J connectivity index is 2.54. The van der Waals surface area contributed by atoms with Gasteiger partial charge in [0.25, 0.3) is 5.91 Å². The maximum Gasteiger partial charge on any atom is 0.283 e. The van der Waals surface area contributed by atoms with Gasteiger partial charge in [0.1, 0.15) is 0 Å². The summed E-state index contributed by atoms with van der Waals surface area (Å²) in [5.41, 5.74) is 0.650. The molecule has 1 aromatic rings. The van der Waals surface area contributed by atoms with Crippen molar-refractivity contribution in [2.75, 3.05) is 11.9 Å². The molecule has 0 fully saturated rings. The van der Waals surface area contributed by atoms with Crippen molar-refractivity contribution in [2.24, 2.45) is 0 Å². The quantitative estimate of drug-likeness (QED) is 0.643. The molecule has 0 spiro atoms. The predicted molar refractivity (Wildman–Crippen MR) is 70.9 cm³/mol. The maximum atomic E-state index is 11.5. The van der Waals surface area contributed by atoms with Crippen molar-refractivity contribution in [3.05, 3.63) is 41.9 Å². The van der Waals surface area contributed by atoms with E-state index in [-0.39, 0.29) is 10.9 Å². The number of nitrogens with one attached hydrogen (secondary N) is 2. The second-order valence-corrected chi connectivity index (χ2v) is 3.80. The van der Waals surface area contributed by atoms with Crippen LogP contribution in [0.1, 0.15) is 0 Å². The van der Waals surface area contributed by atoms with E-state index in [0.29, 0.717) is 17.3 Å². The van der Waals surface area contributed by atoms with Gasteiger partial charge in [-0.1, -0.05) is 29.9 Å². The number of rotatable bonds is 3. The van der Waals surface area contributed by atoms with Crippen molar-refractivity contribution >= 4 is 40.4 Å². The van der Waals surface area contributed by atoms with E-state index in [0.717, 1.165) is 0 Å². The van der Waals surface area contributed by atoms with Gasteiger partial charge in [-0.3, -0.25) is 4.79 Å². The number of carbonyl (C=O) groups is 1. The molecule has 84 valence electrons. The molecule has 0 bridgehead atoms. The summed E-state index contributed by atoms with van der Waals surface area (Å²) in [6.45, 7) is 3.98. The van der Waals surface area contributed by atoms with Gasteiger partial charge in [0.15, 0.2) is 4.99 Å². The van der Waals surface area contributed by atoms with Gasteiger partial charge in [0.05, 0.1) is 0 Å². The number of carbonyl (C=O) groups excluding carboxylic acids is 1. The number of benzene rings is 1. The van der Waals surface area contributed by atoms with Gasteiger partial charge in [-0.05, 0) is 24.3 Å². The largest absolute Gasteiger partial charge is 0.368 e. The fourth-order valence-corrected chi connectivity index (χ4v) is 1.23. The Morgan fingerprint density at radius 1 is 1.44 bits per heavy atom. The average Bonchev–Trinajstić information content (AvgIpc) is 2.29. The lowest BCUT2D eigenvalue weighted by Gasteiger charge is -2.07. The van der Waals surface area contributed by atoms with Gasteiger partial charge in [0.2, 0.25) is 0 Å². The fraction of sp³-hybridized carbons (Fsp3) is 0.0909. The first-order chi connectivity index (χ1) is 7.63. The van der Waals surface area contributed by atoms with Crippen LogP contribution in [-0.4, -0.2) is 17.4 Å². The van der Waals surface area contributed by atoms with E-state index in [9.17, 15) is 4.79 Å². The lowest BCUT2D eigenvalue weighted by molar-refractivity contribution is -0.110. The molecule has 1 aromatic carbocycles. The monoisotopic (exact) mass is 254 g/mol. The van der Waals surface area contributed by atoms with Gasteiger partial charge < -0.3 is 10.6 Å². The standard InChI is InChI=1S/C11H11ClN2OS/c1-2-7-13-11(16)10(15)14-9-5-3-8(12)4-6-9/h2-6H,1,7H2,(H,13,16)(H,14,15). The van der Waals surface area contributed by atoms with E-state index in [2.05, 4.69) is 17.2 Å². The predicted octanol–water partition coefficient (Wildman–Crippen LogP) is 2.38. The van der Waals surface area contributed by atoms with Crippen molar-refractivity contribution in [3.63, 3.8) is 0 Å². The van der Waals surface area contributed by atoms with E-state index in [1.807, 2.05) is 0 Å². The molecule has 16 heavy (non-hydrogen) atoms. The summed E-state index contributed by atoms with van der Waals surface area (Å²) in [7, 11) is 0. The highest BCUT2D eigenvalue weighted by atomic mass is 35.5. The Morgan fingerprint density at radius 2 is 2.06 bits per heavy atom. The van der Waals surface area contributed by atoms with Crippen LogP contribution >= 0.6 is 23.8 Å². The lowest BCUT2D eigenvalue weighted by atomic mass is 10.3. The molecule has 0 aliphatic carbocycles. The molecule has 5 heteroatoms. The summed E-state index contributed by atoms with van der Waals surface area (Å²) >= 11 is 10.6. The minimum atomic E-state index is -0.348. The average molecular weight is 255 g/mol. The van der Waals surface area contributed by atoms with Crippen LogP contribution in [0, 0.1) is 0 Å². The maximum absolute atomic E-state index is 11.5. The summed E-state index contributed by atoms with van der Waals surface area (Å²) in [5.74, 6) is -0.348. The first-order valence-corrected chi connectivity index (χ1v) is 5.37. The molecule has 0 unspecified atom stereocenters. The third-order valence-corrected chi connectivity index (χ3v) is 2.30. The molecule has 0 heterocycles. The van der Waals surface area contributed by atoms with Crippen LogP contribution in [0.2, 0.25) is 5.02 Å². The number of amides is 1. The summed E-state index contributed by atoms with van der Waals surface area (Å²) in [5, 5.41) is 6.00. The Labute approximate surface area is 104 Å². The van der Waals surface area contributed by atoms with Crippen LogP contribution in [0.3, 0.4) is 0 Å². The van der Waals surface area contributed by atoms with Crippen LogP contribution in [-0.2, 0) is 4.79 Å². The van der Waals surface area contributed by atoms with E-state index in [1.165, 1.54) is 0 Å². The molecule has 0 aromatic heterocycles. The molecular weight excluding hydrogens is 244 g/mol. The Kier molecular flexibility index (Phi) is 4.95. The first-order valence-electron chi connectivity index (χ1n) is 4.59. The van der Waals surface area contributed by atoms with E-state index in [1.54, 1.807) is 30.3 Å². The lowest BCUT2D eigenvalue weighted by Crippen LogP contribution is -2.33. The highest BCUT2D eigenvalue weighted by Crippen LogP contribution is 2.13. The molecule has 0 radical (unpaired) electrons. The molecule has 0 saturated carbocycles. The Bertz CT molecular complexity index is 403. The molecule has 3 nitrogen and oxygen atoms in total. The van der Waals surface area contributed by atoms with Crippen LogP contribution in [0.5, 0.6) is 0 Å². The number of anilines is 1. The van der Waals surface area contributed by atoms with Crippen molar-refractivity contribution in [2.45, 2.75) is 0 Å². The molecule has 0 saturated heterocycles. The minimum absolute atomic E-state index is 0.134. The summed E-state index contributed by atoms with van der Waals surface area (Å²) < 4.78 is 0. The summed E-state index contributed by atoms with van der Waals surface area (Å²) in [4.78, 5) is 11.7. The SMILES string of the molecule is C=CCNC(=S)C(=O)Nc1ccc(Cl)cc1. The van der Waals surface area contributed by atoms with E-state index in [4.69, 9.17) is 23.8 Å². The first kappa shape index (κ1) is 12.7. The second-order valence-electron chi connectivity index (χ2n) is 2.96. The number of hydrogen-bond acceptors (Lipinski definition) is 2. The fourth-order valence-electron chi connectivity index (χ4n) is 0.966. The minimum Gasteiger partial charge on any atom is -0.368 e. The van der Waals surface area contributed by atoms with Crippen molar-refractivity contribution < 1.29 is 4.79 Å². The second kappa shape index (κ2) is 6.25. The van der Waals surface area contributed by atoms with Gasteiger partial charge in [-0.2, -0.15) is 0 Å². The van der Waals surface area contributed by atoms with Crippen LogP contribution < -0.4 is 10.6 Å². The third-order valence-electron chi connectivity index (χ3n) is 1.72. The van der Waals surface area contributed by atoms with Crippen LogP contribution in [0.25, 0.3) is 0 Å². The van der Waals surface area contributed by atoms with Gasteiger partial charge in [0, 0.05) is 17.3 Å². The van der Waals surface area contributed by atoms with Gasteiger partial charge >= 0.3 is 0 Å². The molecule has 0 aliphatic rings. The smallest absolute Gasteiger partial charge is 0.283 e. The van der Waals surface area contributed by atoms with Crippen molar-refractivity contribution in [1.82, 2.24) is 5.32 Å². The third kappa shape index (κ3) is 4.00. The molecule has 1 amide bonds. The molecular formula is C11H11ClN2OS. The zero-order chi connectivity index (χ0) is 12.0. The number of thiocarbonyl (C=S) groups is 1. The highest BCUT2D eigenvalue weighted by molar-refractivity contribution is 7.82. The zero-order valence-electron chi connectivity index (χ0n) is 8.50. The summed E-state index contributed by atoms with van der Waals surface area (Å²) in [6.07, 6.45) is 1.63. The molecule has 1 rings (SSSR count). The number of hydrogen-bond donors (Lipinski definition) is 2. The van der Waals surface area contributed by atoms with Crippen molar-refractivity contribution in [3.8, 4) is 0 Å². The van der Waals surface area contributed by atoms with Gasteiger partial charge in [-0.25, -0.2) is 0 Å². The summed E-state index contributed by atoms with van der Waals surface area (Å²) in [6, 6.07) is 6.79. The van der Waals surface area contributed by atoms with Gasteiger partial charge in [-0.15, -0.1) is 6.58 Å². The van der Waals surface area contributed by atoms with E-state index < -0.39 is 0 Å². The molecule has 0 atom stereocenters. The van der Waals surface area contributed by atoms with Crippen LogP contribution in [0.15, 0.2) is 36.9 Å². The highest BCUT2D eigenvalue weighted by Gasteiger charge is 2.07. The molecule has 2 N–H and O–H groups in total. The van der Waals surface area contributed by atoms with Crippen LogP contribution in [0.4, 0.5) is 5.69 Å². The molecule has 0 aliphatic heterocycles. The Hall–Kier alpha value is -1.39. The Morgan fingerprint density at radius 3 is 2.62 bits per heavy atom.